The van der Waals surface area contributed by atoms with Gasteiger partial charge in [0.1, 0.15) is 16.1 Å². The second-order valence-corrected chi connectivity index (χ2v) is 10.2. The highest BCUT2D eigenvalue weighted by atomic mass is 32.2. The smallest absolute Gasteiger partial charge is 0.250 e. The lowest BCUT2D eigenvalue weighted by molar-refractivity contribution is -0.109. The van der Waals surface area contributed by atoms with Crippen molar-refractivity contribution in [2.45, 2.75) is 43.8 Å². The summed E-state index contributed by atoms with van der Waals surface area (Å²) in [5.74, 6) is 3.11. The molecule has 1 unspecified atom stereocenters. The molecule has 0 aliphatic heterocycles. The molecule has 0 saturated heterocycles. The first-order chi connectivity index (χ1) is 15.6. The van der Waals surface area contributed by atoms with Crippen LogP contribution in [0.15, 0.2) is 42.9 Å². The second kappa shape index (κ2) is 10.2. The molecular formula is C24H26F2N4O2S. The number of nitrogens with one attached hydrogen (secondary N) is 1. The Kier molecular flexibility index (Phi) is 7.59. The summed E-state index contributed by atoms with van der Waals surface area (Å²) >= 11 is 0. The van der Waals surface area contributed by atoms with Gasteiger partial charge in [-0.05, 0) is 56.0 Å². The molecule has 1 atom stereocenters. The van der Waals surface area contributed by atoms with Gasteiger partial charge in [-0.1, -0.05) is 5.92 Å². The van der Waals surface area contributed by atoms with Crippen LogP contribution in [-0.2, 0) is 22.0 Å². The van der Waals surface area contributed by atoms with Gasteiger partial charge < -0.3 is 5.32 Å². The molecule has 3 aromatic heterocycles. The zero-order valence-corrected chi connectivity index (χ0v) is 19.6. The standard InChI is InChI=1S/C24H26F2N4O2S/c1-23(2,33(3)32)9-7-20-4-5-21(16-28-20)30-13-8-19-14-18(15-29-22(19)30)6-10-24(25,26)11-12-27-17-31/h4-5,8,13-17H,6,10-12H2,1-3H3,(H,27,31). The van der Waals surface area contributed by atoms with E-state index in [1.807, 2.05) is 42.8 Å². The molecule has 0 fully saturated rings. The molecule has 6 nitrogen and oxygen atoms in total. The zero-order valence-electron chi connectivity index (χ0n) is 18.8. The van der Waals surface area contributed by atoms with Crippen molar-refractivity contribution in [2.24, 2.45) is 0 Å². The maximum atomic E-state index is 14.0. The molecule has 33 heavy (non-hydrogen) atoms. The molecule has 174 valence electrons. The lowest BCUT2D eigenvalue weighted by atomic mass is 10.0. The van der Waals surface area contributed by atoms with Crippen LogP contribution in [0.1, 0.15) is 37.9 Å². The van der Waals surface area contributed by atoms with Gasteiger partial charge in [0.05, 0.1) is 11.9 Å². The van der Waals surface area contributed by atoms with Crippen LogP contribution in [0.25, 0.3) is 16.7 Å². The fourth-order valence-electron chi connectivity index (χ4n) is 3.07. The predicted molar refractivity (Wildman–Crippen MR) is 126 cm³/mol. The Balaban J connectivity index is 1.72. The van der Waals surface area contributed by atoms with Crippen molar-refractivity contribution in [1.82, 2.24) is 19.9 Å². The number of aryl methyl sites for hydroxylation is 1. The Morgan fingerprint density at radius 2 is 1.97 bits per heavy atom. The van der Waals surface area contributed by atoms with E-state index < -0.39 is 21.5 Å². The molecule has 9 heteroatoms. The summed E-state index contributed by atoms with van der Waals surface area (Å²) in [6, 6.07) is 7.40. The van der Waals surface area contributed by atoms with Crippen LogP contribution in [-0.4, -0.2) is 48.6 Å². The summed E-state index contributed by atoms with van der Waals surface area (Å²) in [7, 11) is -1.08. The van der Waals surface area contributed by atoms with E-state index in [1.54, 1.807) is 24.7 Å². The molecule has 3 rings (SSSR count). The van der Waals surface area contributed by atoms with E-state index >= 15 is 0 Å². The molecule has 0 radical (unpaired) electrons. The molecule has 0 spiro atoms. The molecule has 0 aliphatic carbocycles. The summed E-state index contributed by atoms with van der Waals surface area (Å²) in [5, 5.41) is 3.11. The van der Waals surface area contributed by atoms with E-state index in [0.717, 1.165) is 16.6 Å². The molecule has 3 heterocycles. The van der Waals surface area contributed by atoms with Gasteiger partial charge in [-0.15, -0.1) is 0 Å². The Morgan fingerprint density at radius 1 is 1.18 bits per heavy atom. The summed E-state index contributed by atoms with van der Waals surface area (Å²) in [6.07, 6.45) is 6.69. The maximum Gasteiger partial charge on any atom is 0.250 e. The number of halogens is 2. The van der Waals surface area contributed by atoms with Crippen molar-refractivity contribution in [3.8, 4) is 17.5 Å². The number of nitrogens with zero attached hydrogens (tertiary/aromatic N) is 3. The fraction of sp³-hybridized carbons (Fsp3) is 0.375. The summed E-state index contributed by atoms with van der Waals surface area (Å²) in [6.45, 7) is 3.59. The lowest BCUT2D eigenvalue weighted by Crippen LogP contribution is -2.24. The number of aromatic nitrogens is 3. The Hall–Kier alpha value is -3.12. The monoisotopic (exact) mass is 472 g/mol. The highest BCUT2D eigenvalue weighted by Crippen LogP contribution is 2.26. The van der Waals surface area contributed by atoms with Crippen molar-refractivity contribution < 1.29 is 17.8 Å². The van der Waals surface area contributed by atoms with Crippen LogP contribution in [0.4, 0.5) is 8.78 Å². The van der Waals surface area contributed by atoms with Gasteiger partial charge in [-0.2, -0.15) is 0 Å². The second-order valence-electron chi connectivity index (χ2n) is 8.24. The number of carbonyl (C=O) groups excluding carboxylic acids is 1. The summed E-state index contributed by atoms with van der Waals surface area (Å²) < 4.78 is 40.9. The third-order valence-electron chi connectivity index (χ3n) is 5.32. The predicted octanol–water partition coefficient (Wildman–Crippen LogP) is 3.63. The molecule has 1 N–H and O–H groups in total. The number of alkyl halides is 2. The average Bonchev–Trinajstić information content (AvgIpc) is 3.20. The van der Waals surface area contributed by atoms with Crippen LogP contribution in [0.3, 0.4) is 0 Å². The quantitative estimate of drug-likeness (QED) is 0.293. The van der Waals surface area contributed by atoms with Gasteiger partial charge in [0.25, 0.3) is 0 Å². The largest absolute Gasteiger partial charge is 0.358 e. The van der Waals surface area contributed by atoms with E-state index in [2.05, 4.69) is 27.1 Å². The zero-order chi connectivity index (χ0) is 24.1. The SMILES string of the molecule is CS(=O)C(C)(C)C#Cc1ccc(-n2ccc3cc(CCC(F)(F)CCNC=O)cnc32)cn1. The number of rotatable bonds is 9. The van der Waals surface area contributed by atoms with Gasteiger partial charge in [0.15, 0.2) is 0 Å². The number of hydrogen-bond acceptors (Lipinski definition) is 4. The van der Waals surface area contributed by atoms with Crippen molar-refractivity contribution in [2.75, 3.05) is 12.8 Å². The fourth-order valence-corrected chi connectivity index (χ4v) is 3.26. The normalized spacial score (nSPS) is 12.8. The third-order valence-corrected chi connectivity index (χ3v) is 6.86. The van der Waals surface area contributed by atoms with E-state index in [4.69, 9.17) is 0 Å². The number of hydrogen-bond donors (Lipinski definition) is 1. The Bertz CT molecular complexity index is 1210. The van der Waals surface area contributed by atoms with Gasteiger partial charge in [-0.25, -0.2) is 18.7 Å². The van der Waals surface area contributed by atoms with Crippen LogP contribution < -0.4 is 5.32 Å². The Morgan fingerprint density at radius 3 is 2.64 bits per heavy atom. The molecule has 3 aromatic rings. The van der Waals surface area contributed by atoms with E-state index in [0.29, 0.717) is 17.8 Å². The first kappa shape index (κ1) is 24.5. The lowest BCUT2D eigenvalue weighted by Gasteiger charge is -2.15. The maximum absolute atomic E-state index is 14.0. The number of amides is 1. The average molecular weight is 473 g/mol. The molecule has 0 aliphatic rings. The molecule has 0 bridgehead atoms. The van der Waals surface area contributed by atoms with Gasteiger partial charge in [0, 0.05) is 54.2 Å². The van der Waals surface area contributed by atoms with E-state index in [1.165, 1.54) is 0 Å². The van der Waals surface area contributed by atoms with E-state index in [9.17, 15) is 17.8 Å². The third kappa shape index (κ3) is 6.45. The topological polar surface area (TPSA) is 76.9 Å². The molecule has 1 amide bonds. The van der Waals surface area contributed by atoms with Crippen molar-refractivity contribution in [3.05, 3.63) is 54.1 Å². The van der Waals surface area contributed by atoms with Crippen LogP contribution >= 0.6 is 0 Å². The summed E-state index contributed by atoms with van der Waals surface area (Å²) in [5.41, 5.74) is 2.79. The van der Waals surface area contributed by atoms with Crippen LogP contribution in [0.2, 0.25) is 0 Å². The number of fused-ring (bicyclic) bond motifs is 1. The number of carbonyl (C=O) groups is 1. The summed E-state index contributed by atoms with van der Waals surface area (Å²) in [4.78, 5) is 19.1. The highest BCUT2D eigenvalue weighted by molar-refractivity contribution is 7.85. The molecular weight excluding hydrogens is 446 g/mol. The minimum Gasteiger partial charge on any atom is -0.358 e. The Labute approximate surface area is 194 Å². The highest BCUT2D eigenvalue weighted by Gasteiger charge is 2.27. The number of pyridine rings is 2. The van der Waals surface area contributed by atoms with Crippen LogP contribution in [0, 0.1) is 11.8 Å². The van der Waals surface area contributed by atoms with Gasteiger partial charge in [-0.3, -0.25) is 13.6 Å². The molecule has 0 saturated carbocycles. The first-order valence-corrected chi connectivity index (χ1v) is 12.0. The van der Waals surface area contributed by atoms with Crippen molar-refractivity contribution in [1.29, 1.82) is 0 Å². The van der Waals surface area contributed by atoms with Gasteiger partial charge in [0.2, 0.25) is 12.3 Å². The minimum atomic E-state index is -2.85. The van der Waals surface area contributed by atoms with Crippen molar-refractivity contribution in [3.63, 3.8) is 0 Å². The van der Waals surface area contributed by atoms with Gasteiger partial charge >= 0.3 is 0 Å². The van der Waals surface area contributed by atoms with Crippen molar-refractivity contribution >= 4 is 28.2 Å². The minimum absolute atomic E-state index is 0.0507. The van der Waals surface area contributed by atoms with Crippen LogP contribution in [0.5, 0.6) is 0 Å². The first-order valence-electron chi connectivity index (χ1n) is 10.5. The van der Waals surface area contributed by atoms with E-state index in [-0.39, 0.29) is 25.8 Å². The molecule has 0 aromatic carbocycles.